The molecular formula is C15H19N3O2. The normalized spacial score (nSPS) is 13.5. The fraction of sp³-hybridized carbons (Fsp3) is 0.333. The number of hydrogen-bond acceptors (Lipinski definition) is 3. The van der Waals surface area contributed by atoms with E-state index in [0.717, 1.165) is 16.0 Å². The highest BCUT2D eigenvalue weighted by molar-refractivity contribution is 5.85. The first-order chi connectivity index (χ1) is 9.49. The van der Waals surface area contributed by atoms with E-state index < -0.39 is 0 Å². The van der Waals surface area contributed by atoms with Gasteiger partial charge in [0, 0.05) is 13.8 Å². The van der Waals surface area contributed by atoms with E-state index in [4.69, 9.17) is 5.21 Å². The van der Waals surface area contributed by atoms with Gasteiger partial charge in [-0.25, -0.2) is 9.30 Å². The van der Waals surface area contributed by atoms with E-state index in [1.54, 1.807) is 13.8 Å². The molecule has 5 nitrogen and oxygen atoms in total. The van der Waals surface area contributed by atoms with Crippen molar-refractivity contribution < 1.29 is 9.94 Å². The molecule has 0 aliphatic rings. The van der Waals surface area contributed by atoms with E-state index in [2.05, 4.69) is 5.16 Å². The predicted molar refractivity (Wildman–Crippen MR) is 77.9 cm³/mol. The number of rotatable bonds is 3. The summed E-state index contributed by atoms with van der Waals surface area (Å²) in [7, 11) is 0. The molecule has 0 amide bonds. The number of benzene rings is 1. The third-order valence-corrected chi connectivity index (χ3v) is 3.79. The molecule has 1 N–H and O–H groups in total. The summed E-state index contributed by atoms with van der Waals surface area (Å²) in [4.78, 5) is 0. The molecule has 2 aromatic rings. The Kier molecular flexibility index (Phi) is 3.79. The lowest BCUT2D eigenvalue weighted by Gasteiger charge is -2.12. The lowest BCUT2D eigenvalue weighted by molar-refractivity contribution is -0.599. The smallest absolute Gasteiger partial charge is 0.292 e. The first-order valence-corrected chi connectivity index (χ1v) is 6.54. The molecule has 106 valence electrons. The van der Waals surface area contributed by atoms with Gasteiger partial charge in [-0.1, -0.05) is 23.4 Å². The Hall–Kier alpha value is -2.30. The third-order valence-electron chi connectivity index (χ3n) is 3.79. The van der Waals surface area contributed by atoms with Crippen LogP contribution in [0, 0.1) is 19.1 Å². The molecule has 1 aromatic carbocycles. The largest absolute Gasteiger partial charge is 0.710 e. The number of oxime groups is 1. The molecule has 0 aliphatic heterocycles. The van der Waals surface area contributed by atoms with Crippen molar-refractivity contribution in [3.8, 4) is 11.4 Å². The van der Waals surface area contributed by atoms with Crippen LogP contribution in [0.1, 0.15) is 31.3 Å². The summed E-state index contributed by atoms with van der Waals surface area (Å²) >= 11 is 0. The SMILES string of the molecule is C/C(=N/O)[C@@H](C)n1c(C)c(C)[n+]([O-])c1-c1ccccc1. The average Bonchev–Trinajstić information content (AvgIpc) is 2.70. The molecule has 0 aliphatic carbocycles. The summed E-state index contributed by atoms with van der Waals surface area (Å²) in [6, 6.07) is 9.32. The zero-order valence-corrected chi connectivity index (χ0v) is 12.2. The Balaban J connectivity index is 2.71. The summed E-state index contributed by atoms with van der Waals surface area (Å²) in [5.41, 5.74) is 2.92. The highest BCUT2D eigenvalue weighted by Gasteiger charge is 2.28. The summed E-state index contributed by atoms with van der Waals surface area (Å²) in [5.74, 6) is 0.566. The Bertz CT molecular complexity index is 645. The first-order valence-electron chi connectivity index (χ1n) is 6.54. The van der Waals surface area contributed by atoms with Crippen molar-refractivity contribution in [1.82, 2.24) is 4.57 Å². The molecule has 0 bridgehead atoms. The van der Waals surface area contributed by atoms with Gasteiger partial charge in [0.05, 0.1) is 11.3 Å². The van der Waals surface area contributed by atoms with Crippen LogP contribution in [0.4, 0.5) is 0 Å². The molecular weight excluding hydrogens is 254 g/mol. The molecule has 0 unspecified atom stereocenters. The molecule has 1 heterocycles. The number of nitrogens with zero attached hydrogens (tertiary/aromatic N) is 3. The lowest BCUT2D eigenvalue weighted by Crippen LogP contribution is -2.31. The first kappa shape index (κ1) is 14.1. The van der Waals surface area contributed by atoms with Gasteiger partial charge in [0.2, 0.25) is 0 Å². The maximum absolute atomic E-state index is 12.4. The summed E-state index contributed by atoms with van der Waals surface area (Å²) in [6.07, 6.45) is 0. The average molecular weight is 273 g/mol. The molecule has 0 spiro atoms. The molecule has 0 radical (unpaired) electrons. The summed E-state index contributed by atoms with van der Waals surface area (Å²) < 4.78 is 2.85. The van der Waals surface area contributed by atoms with Gasteiger partial charge >= 0.3 is 0 Å². The van der Waals surface area contributed by atoms with E-state index in [1.807, 2.05) is 48.7 Å². The second kappa shape index (κ2) is 5.36. The monoisotopic (exact) mass is 273 g/mol. The van der Waals surface area contributed by atoms with Gasteiger partial charge in [-0.2, -0.15) is 0 Å². The van der Waals surface area contributed by atoms with Crippen molar-refractivity contribution in [1.29, 1.82) is 0 Å². The Labute approximate surface area is 118 Å². The van der Waals surface area contributed by atoms with Gasteiger partial charge in [0.15, 0.2) is 0 Å². The third kappa shape index (κ3) is 2.15. The molecule has 1 aromatic heterocycles. The van der Waals surface area contributed by atoms with Crippen LogP contribution in [0.15, 0.2) is 35.5 Å². The fourth-order valence-corrected chi connectivity index (χ4v) is 2.32. The second-order valence-electron chi connectivity index (χ2n) is 4.94. The summed E-state index contributed by atoms with van der Waals surface area (Å²) in [6.45, 7) is 7.35. The van der Waals surface area contributed by atoms with Gasteiger partial charge in [0.1, 0.15) is 17.4 Å². The van der Waals surface area contributed by atoms with Crippen molar-refractivity contribution in [2.75, 3.05) is 0 Å². The van der Waals surface area contributed by atoms with Gasteiger partial charge in [0.25, 0.3) is 5.82 Å². The quantitative estimate of drug-likeness (QED) is 0.307. The van der Waals surface area contributed by atoms with Crippen molar-refractivity contribution in [2.24, 2.45) is 5.16 Å². The Morgan fingerprint density at radius 3 is 2.45 bits per heavy atom. The minimum Gasteiger partial charge on any atom is -0.710 e. The molecule has 5 heteroatoms. The maximum atomic E-state index is 12.4. The van der Waals surface area contributed by atoms with Crippen molar-refractivity contribution >= 4 is 5.71 Å². The van der Waals surface area contributed by atoms with Gasteiger partial charge in [-0.15, -0.1) is 0 Å². The Morgan fingerprint density at radius 1 is 1.30 bits per heavy atom. The van der Waals surface area contributed by atoms with Crippen molar-refractivity contribution in [3.05, 3.63) is 46.9 Å². The van der Waals surface area contributed by atoms with E-state index in [-0.39, 0.29) is 6.04 Å². The van der Waals surface area contributed by atoms with E-state index in [9.17, 15) is 5.21 Å². The van der Waals surface area contributed by atoms with Gasteiger partial charge < -0.3 is 10.4 Å². The van der Waals surface area contributed by atoms with Crippen LogP contribution in [0.5, 0.6) is 0 Å². The molecule has 0 saturated carbocycles. The van der Waals surface area contributed by atoms with Crippen molar-refractivity contribution in [3.63, 3.8) is 0 Å². The van der Waals surface area contributed by atoms with Crippen LogP contribution in [-0.2, 0) is 0 Å². The van der Waals surface area contributed by atoms with Crippen LogP contribution in [0.2, 0.25) is 0 Å². The molecule has 0 saturated heterocycles. The van der Waals surface area contributed by atoms with Gasteiger partial charge in [-0.05, 0) is 26.0 Å². The van der Waals surface area contributed by atoms with Crippen molar-refractivity contribution in [2.45, 2.75) is 33.7 Å². The van der Waals surface area contributed by atoms with E-state index >= 15 is 0 Å². The number of imidazole rings is 1. The zero-order valence-electron chi connectivity index (χ0n) is 12.2. The van der Waals surface area contributed by atoms with E-state index in [1.165, 1.54) is 0 Å². The van der Waals surface area contributed by atoms with E-state index in [0.29, 0.717) is 17.2 Å². The van der Waals surface area contributed by atoms with Crippen LogP contribution >= 0.6 is 0 Å². The van der Waals surface area contributed by atoms with Crippen LogP contribution < -0.4 is 4.73 Å². The second-order valence-corrected chi connectivity index (χ2v) is 4.94. The molecule has 20 heavy (non-hydrogen) atoms. The number of hydrogen-bond donors (Lipinski definition) is 1. The molecule has 2 rings (SSSR count). The van der Waals surface area contributed by atoms with Crippen LogP contribution in [0.25, 0.3) is 11.4 Å². The fourth-order valence-electron chi connectivity index (χ4n) is 2.32. The van der Waals surface area contributed by atoms with Gasteiger partial charge in [-0.3, -0.25) is 0 Å². The highest BCUT2D eigenvalue weighted by atomic mass is 16.5. The lowest BCUT2D eigenvalue weighted by atomic mass is 10.1. The number of aromatic nitrogens is 2. The Morgan fingerprint density at radius 2 is 1.90 bits per heavy atom. The van der Waals surface area contributed by atoms with Crippen LogP contribution in [0.3, 0.4) is 0 Å². The van der Waals surface area contributed by atoms with Crippen LogP contribution in [-0.4, -0.2) is 15.5 Å². The predicted octanol–water partition coefficient (Wildman–Crippen LogP) is 2.82. The zero-order chi connectivity index (χ0) is 14.9. The maximum Gasteiger partial charge on any atom is 0.292 e. The molecule has 1 atom stereocenters. The molecule has 0 fully saturated rings. The minimum atomic E-state index is -0.191. The topological polar surface area (TPSA) is 64.5 Å². The standard InChI is InChI=1S/C15H19N3O2/c1-10(16-19)11(2)17-12(3)13(4)18(20)15(17)14-8-6-5-7-9-14/h5-9,11,19H,1-4H3/b16-10-/t11-/m1/s1. The summed E-state index contributed by atoms with van der Waals surface area (Å²) in [5, 5.41) is 24.7. The minimum absolute atomic E-state index is 0.191. The highest BCUT2D eigenvalue weighted by Crippen LogP contribution is 2.25.